The SMILES string of the molecule is O=Cc1ccc(N2CCN3C(=O)CCC3C2)s1. The Balaban J connectivity index is 1.74. The fourth-order valence-corrected chi connectivity index (χ4v) is 3.50. The van der Waals surface area contributed by atoms with Crippen LogP contribution in [0.1, 0.15) is 22.5 Å². The average molecular weight is 250 g/mol. The summed E-state index contributed by atoms with van der Waals surface area (Å²) in [5, 5.41) is 1.14. The third-order valence-electron chi connectivity index (χ3n) is 3.53. The lowest BCUT2D eigenvalue weighted by Gasteiger charge is -2.38. The maximum absolute atomic E-state index is 11.6. The second kappa shape index (κ2) is 4.14. The maximum Gasteiger partial charge on any atom is 0.223 e. The number of thiophene rings is 1. The summed E-state index contributed by atoms with van der Waals surface area (Å²) in [7, 11) is 0. The van der Waals surface area contributed by atoms with Crippen LogP contribution in [0.15, 0.2) is 12.1 Å². The zero-order valence-electron chi connectivity index (χ0n) is 9.46. The van der Waals surface area contributed by atoms with Crippen LogP contribution >= 0.6 is 11.3 Å². The molecule has 0 spiro atoms. The lowest BCUT2D eigenvalue weighted by atomic mass is 10.1. The van der Waals surface area contributed by atoms with Gasteiger partial charge >= 0.3 is 0 Å². The molecule has 1 atom stereocenters. The van der Waals surface area contributed by atoms with E-state index in [1.165, 1.54) is 11.3 Å². The molecule has 3 rings (SSSR count). The summed E-state index contributed by atoms with van der Waals surface area (Å²) >= 11 is 1.53. The van der Waals surface area contributed by atoms with Gasteiger partial charge in [0.25, 0.3) is 0 Å². The number of aldehydes is 1. The molecule has 0 radical (unpaired) electrons. The van der Waals surface area contributed by atoms with Crippen LogP contribution in [-0.4, -0.2) is 42.8 Å². The number of fused-ring (bicyclic) bond motifs is 1. The predicted molar refractivity (Wildman–Crippen MR) is 66.7 cm³/mol. The molecule has 0 bridgehead atoms. The van der Waals surface area contributed by atoms with E-state index in [1.54, 1.807) is 0 Å². The fraction of sp³-hybridized carbons (Fsp3) is 0.500. The molecule has 0 N–H and O–H groups in total. The van der Waals surface area contributed by atoms with Crippen LogP contribution in [0.5, 0.6) is 0 Å². The minimum Gasteiger partial charge on any atom is -0.360 e. The summed E-state index contributed by atoms with van der Waals surface area (Å²) in [5.41, 5.74) is 0. The zero-order valence-corrected chi connectivity index (χ0v) is 10.3. The van der Waals surface area contributed by atoms with Crippen molar-refractivity contribution in [3.05, 3.63) is 17.0 Å². The molecular formula is C12H14N2O2S. The van der Waals surface area contributed by atoms with E-state index in [-0.39, 0.29) is 0 Å². The van der Waals surface area contributed by atoms with Gasteiger partial charge in [-0.25, -0.2) is 0 Å². The van der Waals surface area contributed by atoms with Gasteiger partial charge in [0.05, 0.1) is 9.88 Å². The number of carbonyl (C=O) groups is 2. The van der Waals surface area contributed by atoms with Crippen molar-refractivity contribution in [2.75, 3.05) is 24.5 Å². The molecule has 17 heavy (non-hydrogen) atoms. The average Bonchev–Trinajstić information content (AvgIpc) is 2.96. The van der Waals surface area contributed by atoms with Crippen LogP contribution in [0.25, 0.3) is 0 Å². The van der Waals surface area contributed by atoms with E-state index in [4.69, 9.17) is 0 Å². The first-order valence-corrected chi connectivity index (χ1v) is 6.69. The molecule has 1 aromatic heterocycles. The third-order valence-corrected chi connectivity index (χ3v) is 4.61. The van der Waals surface area contributed by atoms with Gasteiger partial charge in [-0.1, -0.05) is 0 Å². The number of amides is 1. The van der Waals surface area contributed by atoms with Gasteiger partial charge in [0.15, 0.2) is 6.29 Å². The van der Waals surface area contributed by atoms with E-state index in [0.29, 0.717) is 18.4 Å². The van der Waals surface area contributed by atoms with Crippen molar-refractivity contribution in [2.45, 2.75) is 18.9 Å². The van der Waals surface area contributed by atoms with E-state index in [0.717, 1.165) is 42.2 Å². The smallest absolute Gasteiger partial charge is 0.223 e. The van der Waals surface area contributed by atoms with Crippen LogP contribution in [-0.2, 0) is 4.79 Å². The molecule has 0 aromatic carbocycles. The monoisotopic (exact) mass is 250 g/mol. The minimum atomic E-state index is 0.300. The van der Waals surface area contributed by atoms with Crippen LogP contribution < -0.4 is 4.90 Å². The summed E-state index contributed by atoms with van der Waals surface area (Å²) in [4.78, 5) is 27.3. The van der Waals surface area contributed by atoms with Gasteiger partial charge in [-0.05, 0) is 18.6 Å². The van der Waals surface area contributed by atoms with E-state index in [2.05, 4.69) is 4.90 Å². The van der Waals surface area contributed by atoms with Gasteiger partial charge in [0.1, 0.15) is 0 Å². The quantitative estimate of drug-likeness (QED) is 0.744. The Morgan fingerprint density at radius 2 is 2.24 bits per heavy atom. The summed E-state index contributed by atoms with van der Waals surface area (Å²) in [5.74, 6) is 0.300. The van der Waals surface area contributed by atoms with Crippen molar-refractivity contribution in [1.29, 1.82) is 0 Å². The highest BCUT2D eigenvalue weighted by molar-refractivity contribution is 7.17. The molecule has 1 aromatic rings. The summed E-state index contributed by atoms with van der Waals surface area (Å²) in [6.45, 7) is 2.60. The highest BCUT2D eigenvalue weighted by Crippen LogP contribution is 2.30. The largest absolute Gasteiger partial charge is 0.360 e. The first-order chi connectivity index (χ1) is 8.28. The van der Waals surface area contributed by atoms with Gasteiger partial charge < -0.3 is 9.80 Å². The second-order valence-electron chi connectivity index (χ2n) is 4.52. The Hall–Kier alpha value is -1.36. The fourth-order valence-electron chi connectivity index (χ4n) is 2.64. The van der Waals surface area contributed by atoms with Gasteiger partial charge in [-0.15, -0.1) is 11.3 Å². The predicted octanol–water partition coefficient (Wildman–Crippen LogP) is 1.37. The van der Waals surface area contributed by atoms with Crippen LogP contribution in [0.3, 0.4) is 0 Å². The van der Waals surface area contributed by atoms with Crippen molar-refractivity contribution in [3.8, 4) is 0 Å². The molecule has 1 amide bonds. The Morgan fingerprint density at radius 1 is 1.35 bits per heavy atom. The Kier molecular flexibility index (Phi) is 2.63. The van der Waals surface area contributed by atoms with E-state index < -0.39 is 0 Å². The standard InChI is InChI=1S/C12H14N2O2S/c15-8-10-2-4-12(17-10)13-5-6-14-9(7-13)1-3-11(14)16/h2,4,8-9H,1,3,5-7H2. The van der Waals surface area contributed by atoms with E-state index in [1.807, 2.05) is 17.0 Å². The Labute approximate surface area is 104 Å². The molecule has 0 saturated carbocycles. The maximum atomic E-state index is 11.6. The molecule has 2 aliphatic heterocycles. The number of hydrogen-bond acceptors (Lipinski definition) is 4. The lowest BCUT2D eigenvalue weighted by molar-refractivity contribution is -0.129. The first-order valence-electron chi connectivity index (χ1n) is 5.87. The van der Waals surface area contributed by atoms with Gasteiger partial charge in [0, 0.05) is 32.1 Å². The van der Waals surface area contributed by atoms with Crippen LogP contribution in [0.2, 0.25) is 0 Å². The summed E-state index contributed by atoms with van der Waals surface area (Å²) < 4.78 is 0. The topological polar surface area (TPSA) is 40.6 Å². The van der Waals surface area contributed by atoms with E-state index in [9.17, 15) is 9.59 Å². The van der Waals surface area contributed by atoms with Crippen molar-refractivity contribution in [2.24, 2.45) is 0 Å². The van der Waals surface area contributed by atoms with Crippen molar-refractivity contribution >= 4 is 28.5 Å². The molecule has 2 saturated heterocycles. The molecular weight excluding hydrogens is 236 g/mol. The second-order valence-corrected chi connectivity index (χ2v) is 5.61. The molecule has 5 heteroatoms. The number of rotatable bonds is 2. The van der Waals surface area contributed by atoms with Gasteiger partial charge in [0.2, 0.25) is 5.91 Å². The van der Waals surface area contributed by atoms with Crippen LogP contribution in [0, 0.1) is 0 Å². The van der Waals surface area contributed by atoms with Crippen LogP contribution in [0.4, 0.5) is 5.00 Å². The van der Waals surface area contributed by atoms with E-state index >= 15 is 0 Å². The van der Waals surface area contributed by atoms with Gasteiger partial charge in [-0.3, -0.25) is 9.59 Å². The highest BCUT2D eigenvalue weighted by atomic mass is 32.1. The zero-order chi connectivity index (χ0) is 11.8. The first kappa shape index (κ1) is 10.8. The van der Waals surface area contributed by atoms with Gasteiger partial charge in [-0.2, -0.15) is 0 Å². The highest BCUT2D eigenvalue weighted by Gasteiger charge is 2.35. The molecule has 90 valence electrons. The molecule has 0 aliphatic carbocycles. The number of nitrogens with zero attached hydrogens (tertiary/aromatic N) is 2. The molecule has 2 fully saturated rings. The molecule has 4 nitrogen and oxygen atoms in total. The number of carbonyl (C=O) groups excluding carboxylic acids is 2. The third kappa shape index (κ3) is 1.84. The lowest BCUT2D eigenvalue weighted by Crippen LogP contribution is -2.51. The summed E-state index contributed by atoms with van der Waals surface area (Å²) in [6, 6.07) is 4.23. The normalized spacial score (nSPS) is 24.0. The van der Waals surface area contributed by atoms with Crippen molar-refractivity contribution in [1.82, 2.24) is 4.90 Å². The minimum absolute atomic E-state index is 0.300. The van der Waals surface area contributed by atoms with Crippen molar-refractivity contribution in [3.63, 3.8) is 0 Å². The molecule has 2 aliphatic rings. The van der Waals surface area contributed by atoms with Crippen molar-refractivity contribution < 1.29 is 9.59 Å². The number of hydrogen-bond donors (Lipinski definition) is 0. The molecule has 3 heterocycles. The molecule has 1 unspecified atom stereocenters. The summed E-state index contributed by atoms with van der Waals surface area (Å²) in [6.07, 6.45) is 2.56. The number of piperazine rings is 1. The number of anilines is 1. The Bertz CT molecular complexity index is 457. The Morgan fingerprint density at radius 3 is 3.00 bits per heavy atom.